The number of sulfone groups is 1. The lowest BCUT2D eigenvalue weighted by Crippen LogP contribution is -2.43. The third-order valence-corrected chi connectivity index (χ3v) is 7.36. The highest BCUT2D eigenvalue weighted by Crippen LogP contribution is 2.21. The number of hydrogen-bond donors (Lipinski definition) is 1. The lowest BCUT2D eigenvalue weighted by Gasteiger charge is -2.23. The molecule has 0 spiro atoms. The van der Waals surface area contributed by atoms with Gasteiger partial charge in [0.25, 0.3) is 0 Å². The molecule has 5 nitrogen and oxygen atoms in total. The average molecular weight is 493 g/mol. The van der Waals surface area contributed by atoms with Crippen molar-refractivity contribution in [1.82, 2.24) is 10.2 Å². The van der Waals surface area contributed by atoms with Crippen LogP contribution in [-0.2, 0) is 16.3 Å². The van der Waals surface area contributed by atoms with Gasteiger partial charge in [0.1, 0.15) is 0 Å². The summed E-state index contributed by atoms with van der Waals surface area (Å²) < 4.78 is 23.7. The summed E-state index contributed by atoms with van der Waals surface area (Å²) >= 11 is 0. The van der Waals surface area contributed by atoms with Gasteiger partial charge in [-0.25, -0.2) is 8.42 Å². The van der Waals surface area contributed by atoms with E-state index in [9.17, 15) is 8.42 Å². The van der Waals surface area contributed by atoms with Crippen LogP contribution in [0.4, 0.5) is 0 Å². The van der Waals surface area contributed by atoms with Crippen LogP contribution in [0.15, 0.2) is 35.3 Å². The second kappa shape index (κ2) is 9.92. The third kappa shape index (κ3) is 6.40. The highest BCUT2D eigenvalue weighted by molar-refractivity contribution is 14.0. The van der Waals surface area contributed by atoms with Crippen molar-refractivity contribution in [3.05, 3.63) is 35.9 Å². The molecule has 0 bridgehead atoms. The van der Waals surface area contributed by atoms with Gasteiger partial charge in [0.05, 0.1) is 10.5 Å². The van der Waals surface area contributed by atoms with Crippen molar-refractivity contribution in [2.45, 2.75) is 38.4 Å². The number of nitrogens with zero attached hydrogens (tertiary/aromatic N) is 2. The zero-order valence-corrected chi connectivity index (χ0v) is 19.4. The Kier molecular flexibility index (Phi) is 8.85. The van der Waals surface area contributed by atoms with Gasteiger partial charge < -0.3 is 10.2 Å². The molecule has 1 aromatic rings. The first kappa shape index (κ1) is 23.2. The molecule has 7 heteroatoms. The highest BCUT2D eigenvalue weighted by atomic mass is 127. The Morgan fingerprint density at radius 3 is 2.50 bits per heavy atom. The summed E-state index contributed by atoms with van der Waals surface area (Å²) in [7, 11) is -1.36. The van der Waals surface area contributed by atoms with Gasteiger partial charge in [-0.3, -0.25) is 4.99 Å². The molecule has 0 radical (unpaired) electrons. The standard InChI is InChI=1S/C19H31N3O2S.HI/c1-19(2,3)25(23,24)13-11-21-18(20-4)22-12-10-17(15-22)14-16-8-6-5-7-9-16;/h5-9,17H,10-15H2,1-4H3,(H,20,21);1H. The fourth-order valence-corrected chi connectivity index (χ4v) is 4.06. The van der Waals surface area contributed by atoms with E-state index >= 15 is 0 Å². The molecule has 1 atom stereocenters. The molecule has 2 rings (SSSR count). The quantitative estimate of drug-likeness (QED) is 0.389. The molecule has 0 aromatic heterocycles. The van der Waals surface area contributed by atoms with Gasteiger partial charge in [0, 0.05) is 26.7 Å². The number of hydrogen-bond acceptors (Lipinski definition) is 3. The van der Waals surface area contributed by atoms with E-state index in [2.05, 4.69) is 39.5 Å². The molecule has 0 aliphatic carbocycles. The summed E-state index contributed by atoms with van der Waals surface area (Å²) in [5, 5.41) is 3.22. The predicted octanol–water partition coefficient (Wildman–Crippen LogP) is 2.96. The van der Waals surface area contributed by atoms with Gasteiger partial charge in [-0.15, -0.1) is 24.0 Å². The van der Waals surface area contributed by atoms with E-state index in [1.54, 1.807) is 27.8 Å². The molecule has 1 unspecified atom stereocenters. The first-order chi connectivity index (χ1) is 11.7. The van der Waals surface area contributed by atoms with Gasteiger partial charge in [0.15, 0.2) is 15.8 Å². The third-order valence-electron chi connectivity index (χ3n) is 4.75. The monoisotopic (exact) mass is 493 g/mol. The van der Waals surface area contributed by atoms with E-state index in [-0.39, 0.29) is 29.7 Å². The first-order valence-corrected chi connectivity index (χ1v) is 10.6. The Balaban J connectivity index is 0.00000338. The molecular formula is C19H32IN3O2S. The van der Waals surface area contributed by atoms with Gasteiger partial charge in [0.2, 0.25) is 0 Å². The lowest BCUT2D eigenvalue weighted by atomic mass is 9.99. The van der Waals surface area contributed by atoms with Crippen molar-refractivity contribution < 1.29 is 8.42 Å². The number of nitrogens with one attached hydrogen (secondary N) is 1. The Bertz CT molecular complexity index is 684. The number of aliphatic imine (C=N–C) groups is 1. The number of likely N-dealkylation sites (tertiary alicyclic amines) is 1. The van der Waals surface area contributed by atoms with Crippen molar-refractivity contribution in [1.29, 1.82) is 0 Å². The van der Waals surface area contributed by atoms with Crippen LogP contribution in [0.3, 0.4) is 0 Å². The van der Waals surface area contributed by atoms with Crippen LogP contribution < -0.4 is 5.32 Å². The van der Waals surface area contributed by atoms with Gasteiger partial charge in [-0.05, 0) is 45.1 Å². The number of guanidine groups is 1. The molecule has 1 saturated heterocycles. The first-order valence-electron chi connectivity index (χ1n) is 8.95. The Morgan fingerprint density at radius 2 is 1.92 bits per heavy atom. The zero-order chi connectivity index (χ0) is 18.5. The average Bonchev–Trinajstić information content (AvgIpc) is 2.99. The minimum absolute atomic E-state index is 0. The van der Waals surface area contributed by atoms with E-state index in [0.717, 1.165) is 31.9 Å². The molecule has 1 aliphatic heterocycles. The maximum Gasteiger partial charge on any atom is 0.193 e. The number of benzene rings is 1. The van der Waals surface area contributed by atoms with E-state index in [0.29, 0.717) is 12.5 Å². The topological polar surface area (TPSA) is 61.8 Å². The van der Waals surface area contributed by atoms with E-state index in [1.165, 1.54) is 5.56 Å². The second-order valence-electron chi connectivity index (χ2n) is 7.70. The lowest BCUT2D eigenvalue weighted by molar-refractivity contribution is 0.461. The minimum atomic E-state index is -3.11. The van der Waals surface area contributed by atoms with Crippen LogP contribution in [-0.4, -0.2) is 56.5 Å². The van der Waals surface area contributed by atoms with Crippen molar-refractivity contribution >= 4 is 39.8 Å². The molecule has 1 aliphatic rings. The van der Waals surface area contributed by atoms with Crippen LogP contribution >= 0.6 is 24.0 Å². The maximum absolute atomic E-state index is 12.2. The molecule has 0 amide bonds. The normalized spacial score (nSPS) is 18.5. The van der Waals surface area contributed by atoms with Gasteiger partial charge in [-0.1, -0.05) is 30.3 Å². The van der Waals surface area contributed by atoms with Gasteiger partial charge >= 0.3 is 0 Å². The van der Waals surface area contributed by atoms with Crippen LogP contribution in [0, 0.1) is 5.92 Å². The Labute approximate surface area is 175 Å². The second-order valence-corrected chi connectivity index (χ2v) is 10.6. The molecule has 1 heterocycles. The van der Waals surface area contributed by atoms with E-state index < -0.39 is 14.6 Å². The smallest absolute Gasteiger partial charge is 0.193 e. The summed E-state index contributed by atoms with van der Waals surface area (Å²) in [5.74, 6) is 1.54. The molecule has 1 aromatic carbocycles. The van der Waals surface area contributed by atoms with Crippen molar-refractivity contribution in [2.24, 2.45) is 10.9 Å². The molecule has 0 saturated carbocycles. The fraction of sp³-hybridized carbons (Fsp3) is 0.632. The summed E-state index contributed by atoms with van der Waals surface area (Å²) in [5.41, 5.74) is 1.37. The van der Waals surface area contributed by atoms with Gasteiger partial charge in [-0.2, -0.15) is 0 Å². The van der Waals surface area contributed by atoms with Crippen LogP contribution in [0.5, 0.6) is 0 Å². The summed E-state index contributed by atoms with van der Waals surface area (Å²) in [6.45, 7) is 7.54. The zero-order valence-electron chi connectivity index (χ0n) is 16.2. The molecular weight excluding hydrogens is 461 g/mol. The van der Waals surface area contributed by atoms with Crippen molar-refractivity contribution in [3.63, 3.8) is 0 Å². The number of halogens is 1. The number of rotatable bonds is 5. The molecule has 148 valence electrons. The summed E-state index contributed by atoms with van der Waals surface area (Å²) in [6, 6.07) is 10.6. The van der Waals surface area contributed by atoms with Crippen LogP contribution in [0.25, 0.3) is 0 Å². The predicted molar refractivity (Wildman–Crippen MR) is 120 cm³/mol. The highest BCUT2D eigenvalue weighted by Gasteiger charge is 2.29. The minimum Gasteiger partial charge on any atom is -0.355 e. The molecule has 1 N–H and O–H groups in total. The summed E-state index contributed by atoms with van der Waals surface area (Å²) in [6.07, 6.45) is 2.21. The molecule has 26 heavy (non-hydrogen) atoms. The SMILES string of the molecule is CN=C(NCCS(=O)(=O)C(C)(C)C)N1CCC(Cc2ccccc2)C1.I. The largest absolute Gasteiger partial charge is 0.355 e. The Morgan fingerprint density at radius 1 is 1.27 bits per heavy atom. The van der Waals surface area contributed by atoms with E-state index in [4.69, 9.17) is 0 Å². The molecule has 1 fully saturated rings. The van der Waals surface area contributed by atoms with Crippen LogP contribution in [0.1, 0.15) is 32.8 Å². The van der Waals surface area contributed by atoms with Crippen LogP contribution in [0.2, 0.25) is 0 Å². The Hall–Kier alpha value is -0.830. The fourth-order valence-electron chi connectivity index (χ4n) is 3.07. The van der Waals surface area contributed by atoms with Crippen molar-refractivity contribution in [2.75, 3.05) is 32.4 Å². The maximum atomic E-state index is 12.2. The van der Waals surface area contributed by atoms with Crippen molar-refractivity contribution in [3.8, 4) is 0 Å². The van der Waals surface area contributed by atoms with E-state index in [1.807, 2.05) is 6.07 Å². The summed E-state index contributed by atoms with van der Waals surface area (Å²) in [4.78, 5) is 6.56.